The second-order valence-electron chi connectivity index (χ2n) is 4.08. The van der Waals surface area contributed by atoms with Crippen LogP contribution in [-0.4, -0.2) is 29.9 Å². The van der Waals surface area contributed by atoms with Crippen molar-refractivity contribution in [2.75, 3.05) is 13.1 Å². The number of allylic oxidation sites excluding steroid dienone is 2. The van der Waals surface area contributed by atoms with Crippen molar-refractivity contribution in [1.82, 2.24) is 4.90 Å². The van der Waals surface area contributed by atoms with E-state index in [1.807, 2.05) is 4.90 Å². The fourth-order valence-electron chi connectivity index (χ4n) is 1.95. The summed E-state index contributed by atoms with van der Waals surface area (Å²) in [5.74, 6) is 0.202. The van der Waals surface area contributed by atoms with Gasteiger partial charge in [-0.05, 0) is 19.3 Å². The van der Waals surface area contributed by atoms with Gasteiger partial charge in [-0.15, -0.1) is 25.6 Å². The summed E-state index contributed by atoms with van der Waals surface area (Å²) in [6.07, 6.45) is 5.94. The van der Waals surface area contributed by atoms with Crippen molar-refractivity contribution >= 4 is 18.3 Å². The van der Waals surface area contributed by atoms with Gasteiger partial charge in [0.25, 0.3) is 0 Å². The van der Waals surface area contributed by atoms with Gasteiger partial charge in [-0.1, -0.05) is 12.2 Å². The molecule has 1 fully saturated rings. The Morgan fingerprint density at radius 1 is 1.44 bits per heavy atom. The molecule has 0 radical (unpaired) electrons. The van der Waals surface area contributed by atoms with Crippen molar-refractivity contribution in [1.29, 1.82) is 0 Å². The molecule has 0 aromatic rings. The van der Waals surface area contributed by atoms with Crippen LogP contribution in [0.25, 0.3) is 0 Å². The van der Waals surface area contributed by atoms with Crippen LogP contribution in [0.1, 0.15) is 19.3 Å². The molecule has 1 aliphatic heterocycles. The molecule has 0 unspecified atom stereocenters. The van der Waals surface area contributed by atoms with Crippen LogP contribution in [0.2, 0.25) is 0 Å². The summed E-state index contributed by atoms with van der Waals surface area (Å²) in [6.45, 7) is 8.85. The van der Waals surface area contributed by atoms with E-state index in [1.165, 1.54) is 0 Å². The van der Waals surface area contributed by atoms with Crippen LogP contribution in [0.3, 0.4) is 0 Å². The Morgan fingerprint density at radius 3 is 2.38 bits per heavy atom. The lowest BCUT2D eigenvalue weighted by molar-refractivity contribution is -0.134. The number of amides is 1. The maximum absolute atomic E-state index is 12.0. The molecule has 1 rings (SSSR count). The van der Waals surface area contributed by atoms with Gasteiger partial charge in [-0.3, -0.25) is 4.79 Å². The van der Waals surface area contributed by atoms with E-state index in [0.717, 1.165) is 25.8 Å². The van der Waals surface area contributed by atoms with E-state index in [0.29, 0.717) is 6.54 Å². The number of hydrogen-bond donors (Lipinski definition) is 1. The average Bonchev–Trinajstić information content (AvgIpc) is 2.63. The van der Waals surface area contributed by atoms with E-state index in [9.17, 15) is 4.79 Å². The summed E-state index contributed by atoms with van der Waals surface area (Å²) in [7, 11) is 0. The zero-order valence-corrected chi connectivity index (χ0v) is 10.4. The highest BCUT2D eigenvalue weighted by Gasteiger charge is 2.27. The second kappa shape index (κ2) is 7.47. The Hall–Kier alpha value is -0.800. The highest BCUT2D eigenvalue weighted by molar-refractivity contribution is 5.85. The van der Waals surface area contributed by atoms with Gasteiger partial charge in [0, 0.05) is 25.0 Å². The third-order valence-corrected chi connectivity index (χ3v) is 2.79. The van der Waals surface area contributed by atoms with Gasteiger partial charge in [-0.2, -0.15) is 0 Å². The van der Waals surface area contributed by atoms with Crippen LogP contribution in [-0.2, 0) is 4.79 Å². The lowest BCUT2D eigenvalue weighted by Crippen LogP contribution is -2.36. The molecular formula is C12H21ClN2O. The Balaban J connectivity index is 0.00000225. The lowest BCUT2D eigenvalue weighted by Gasteiger charge is -2.21. The van der Waals surface area contributed by atoms with E-state index in [1.54, 1.807) is 12.2 Å². The van der Waals surface area contributed by atoms with Crippen molar-refractivity contribution in [2.45, 2.75) is 25.3 Å². The lowest BCUT2D eigenvalue weighted by atomic mass is 10.00. The molecule has 1 aliphatic rings. The van der Waals surface area contributed by atoms with Crippen molar-refractivity contribution in [3.8, 4) is 0 Å². The summed E-state index contributed by atoms with van der Waals surface area (Å²) < 4.78 is 0. The van der Waals surface area contributed by atoms with Crippen molar-refractivity contribution in [3.05, 3.63) is 25.3 Å². The average molecular weight is 245 g/mol. The number of carbonyl (C=O) groups is 1. The van der Waals surface area contributed by atoms with E-state index in [2.05, 4.69) is 13.2 Å². The topological polar surface area (TPSA) is 46.3 Å². The van der Waals surface area contributed by atoms with E-state index in [-0.39, 0.29) is 30.3 Å². The largest absolute Gasteiger partial charge is 0.341 e. The normalized spacial score (nSPS) is 19.4. The van der Waals surface area contributed by atoms with Crippen LogP contribution >= 0.6 is 12.4 Å². The van der Waals surface area contributed by atoms with Gasteiger partial charge in [0.2, 0.25) is 5.91 Å². The SMILES string of the molecule is C=CCC(CC=C)C(=O)N1CC[C@@H](N)C1.Cl. The number of carbonyl (C=O) groups excluding carboxylic acids is 1. The minimum absolute atomic E-state index is 0. The fraction of sp³-hybridized carbons (Fsp3) is 0.583. The van der Waals surface area contributed by atoms with Crippen LogP contribution in [0.4, 0.5) is 0 Å². The first-order chi connectivity index (χ1) is 7.19. The Morgan fingerprint density at radius 2 is 2.00 bits per heavy atom. The molecule has 0 aromatic heterocycles. The first-order valence-electron chi connectivity index (χ1n) is 5.45. The first kappa shape index (κ1) is 15.2. The van der Waals surface area contributed by atoms with E-state index < -0.39 is 0 Å². The summed E-state index contributed by atoms with van der Waals surface area (Å²) in [5, 5.41) is 0. The third-order valence-electron chi connectivity index (χ3n) is 2.79. The predicted octanol–water partition coefficient (Wildman–Crippen LogP) is 1.74. The van der Waals surface area contributed by atoms with Crippen LogP contribution < -0.4 is 5.73 Å². The number of rotatable bonds is 5. The maximum Gasteiger partial charge on any atom is 0.226 e. The van der Waals surface area contributed by atoms with Crippen LogP contribution in [0.15, 0.2) is 25.3 Å². The summed E-state index contributed by atoms with van der Waals surface area (Å²) in [5.41, 5.74) is 5.78. The van der Waals surface area contributed by atoms with Crippen LogP contribution in [0.5, 0.6) is 0 Å². The van der Waals surface area contributed by atoms with Crippen molar-refractivity contribution < 1.29 is 4.79 Å². The molecule has 2 N–H and O–H groups in total. The highest BCUT2D eigenvalue weighted by atomic mass is 35.5. The molecule has 92 valence electrons. The molecule has 3 nitrogen and oxygen atoms in total. The van der Waals surface area contributed by atoms with Gasteiger partial charge in [0.15, 0.2) is 0 Å². The number of halogens is 1. The minimum Gasteiger partial charge on any atom is -0.341 e. The number of nitrogens with two attached hydrogens (primary N) is 1. The standard InChI is InChI=1S/C12H20N2O.ClH/c1-3-5-10(6-4-2)12(15)14-8-7-11(13)9-14;/h3-4,10-11H,1-2,5-9,13H2;1H/t11-;/m1./s1. The van der Waals surface area contributed by atoms with Gasteiger partial charge in [0.05, 0.1) is 0 Å². The van der Waals surface area contributed by atoms with E-state index in [4.69, 9.17) is 5.73 Å². The summed E-state index contributed by atoms with van der Waals surface area (Å²) in [6, 6.07) is 0.155. The molecule has 0 aliphatic carbocycles. The highest BCUT2D eigenvalue weighted by Crippen LogP contribution is 2.17. The van der Waals surface area contributed by atoms with Gasteiger partial charge in [0.1, 0.15) is 0 Å². The van der Waals surface area contributed by atoms with Gasteiger partial charge >= 0.3 is 0 Å². The molecule has 1 saturated heterocycles. The molecule has 0 bridgehead atoms. The minimum atomic E-state index is 0. The summed E-state index contributed by atoms with van der Waals surface area (Å²) in [4.78, 5) is 13.9. The molecule has 1 amide bonds. The zero-order chi connectivity index (χ0) is 11.3. The quantitative estimate of drug-likeness (QED) is 0.749. The number of hydrogen-bond acceptors (Lipinski definition) is 2. The molecule has 4 heteroatoms. The Bertz CT molecular complexity index is 245. The van der Waals surface area contributed by atoms with Gasteiger partial charge in [-0.25, -0.2) is 0 Å². The molecular weight excluding hydrogens is 224 g/mol. The second-order valence-corrected chi connectivity index (χ2v) is 4.08. The van der Waals surface area contributed by atoms with Gasteiger partial charge < -0.3 is 10.6 Å². The first-order valence-corrected chi connectivity index (χ1v) is 5.45. The maximum atomic E-state index is 12.0. The third kappa shape index (κ3) is 3.99. The number of likely N-dealkylation sites (tertiary alicyclic amines) is 1. The predicted molar refractivity (Wildman–Crippen MR) is 69.5 cm³/mol. The molecule has 16 heavy (non-hydrogen) atoms. The molecule has 0 saturated carbocycles. The zero-order valence-electron chi connectivity index (χ0n) is 9.60. The summed E-state index contributed by atoms with van der Waals surface area (Å²) >= 11 is 0. The van der Waals surface area contributed by atoms with E-state index >= 15 is 0 Å². The Labute approximate surface area is 104 Å². The molecule has 0 aromatic carbocycles. The molecule has 0 spiro atoms. The fourth-order valence-corrected chi connectivity index (χ4v) is 1.95. The molecule has 1 atom stereocenters. The Kier molecular flexibility index (Phi) is 7.10. The number of nitrogens with zero attached hydrogens (tertiary/aromatic N) is 1. The smallest absolute Gasteiger partial charge is 0.226 e. The van der Waals surface area contributed by atoms with Crippen molar-refractivity contribution in [3.63, 3.8) is 0 Å². The van der Waals surface area contributed by atoms with Crippen molar-refractivity contribution in [2.24, 2.45) is 11.7 Å². The van der Waals surface area contributed by atoms with Crippen LogP contribution in [0, 0.1) is 5.92 Å². The monoisotopic (exact) mass is 244 g/mol. The molecule has 1 heterocycles.